The molecule has 1 aromatic heterocycles. The van der Waals surface area contributed by atoms with Gasteiger partial charge in [0.15, 0.2) is 11.5 Å². The molecule has 0 radical (unpaired) electrons. The number of H-pyrrole nitrogens is 1. The van der Waals surface area contributed by atoms with E-state index in [2.05, 4.69) is 20.9 Å². The van der Waals surface area contributed by atoms with E-state index in [4.69, 9.17) is 9.47 Å². The zero-order valence-corrected chi connectivity index (χ0v) is 21.9. The Hall–Kier alpha value is -4.04. The lowest BCUT2D eigenvalue weighted by Gasteiger charge is -2.26. The lowest BCUT2D eigenvalue weighted by Crippen LogP contribution is -2.31. The van der Waals surface area contributed by atoms with Crippen molar-refractivity contribution in [2.75, 3.05) is 20.8 Å². The topological polar surface area (TPSA) is 91.9 Å². The Bertz CT molecular complexity index is 1520. The first-order valence-corrected chi connectivity index (χ1v) is 12.5. The molecule has 0 spiro atoms. The van der Waals surface area contributed by atoms with Gasteiger partial charge in [-0.3, -0.25) is 9.59 Å². The van der Waals surface area contributed by atoms with Crippen molar-refractivity contribution < 1.29 is 24.2 Å². The fraction of sp³-hybridized carbons (Fsp3) is 0.172. The van der Waals surface area contributed by atoms with Gasteiger partial charge in [0.05, 0.1) is 25.8 Å². The van der Waals surface area contributed by atoms with Crippen LogP contribution >= 0.6 is 15.9 Å². The quantitative estimate of drug-likeness (QED) is 0.174. The van der Waals surface area contributed by atoms with E-state index in [1.165, 1.54) is 12.0 Å². The summed E-state index contributed by atoms with van der Waals surface area (Å²) in [6.07, 6.45) is 2.45. The van der Waals surface area contributed by atoms with E-state index < -0.39 is 17.7 Å². The SMILES string of the molecule is COc1ccc([C@@H]2C(=C(O)c3ccc(Br)cc3)C(=O)C(=O)N2CCc2c[nH]c3ccccc23)cc1OC. The van der Waals surface area contributed by atoms with Crippen molar-refractivity contribution >= 4 is 44.3 Å². The van der Waals surface area contributed by atoms with E-state index in [-0.39, 0.29) is 17.9 Å². The molecule has 2 heterocycles. The van der Waals surface area contributed by atoms with Gasteiger partial charge in [-0.2, -0.15) is 0 Å². The highest BCUT2D eigenvalue weighted by Gasteiger charge is 2.46. The Morgan fingerprint density at radius 1 is 1.00 bits per heavy atom. The molecule has 0 aliphatic carbocycles. The largest absolute Gasteiger partial charge is 0.507 e. The minimum Gasteiger partial charge on any atom is -0.507 e. The number of halogens is 1. The number of nitrogens with zero attached hydrogens (tertiary/aromatic N) is 1. The molecule has 1 saturated heterocycles. The van der Waals surface area contributed by atoms with Crippen molar-refractivity contribution in [1.29, 1.82) is 0 Å². The lowest BCUT2D eigenvalue weighted by atomic mass is 9.95. The molecule has 8 heteroatoms. The van der Waals surface area contributed by atoms with Crippen LogP contribution in [0, 0.1) is 0 Å². The number of hydrogen-bond donors (Lipinski definition) is 2. The number of hydrogen-bond acceptors (Lipinski definition) is 5. The second-order valence-electron chi connectivity index (χ2n) is 8.72. The van der Waals surface area contributed by atoms with Crippen molar-refractivity contribution in [3.05, 3.63) is 99.7 Å². The van der Waals surface area contributed by atoms with E-state index in [0.29, 0.717) is 29.0 Å². The number of Topliss-reactive ketones (excluding diaryl/α,β-unsaturated/α-hetero) is 1. The minimum absolute atomic E-state index is 0.0402. The summed E-state index contributed by atoms with van der Waals surface area (Å²) in [6, 6.07) is 19.3. The van der Waals surface area contributed by atoms with Crippen LogP contribution in [0.4, 0.5) is 0 Å². The number of carbonyl (C=O) groups is 2. The van der Waals surface area contributed by atoms with Crippen LogP contribution in [0.1, 0.15) is 22.7 Å². The average molecular weight is 561 g/mol. The number of nitrogens with one attached hydrogen (secondary N) is 1. The summed E-state index contributed by atoms with van der Waals surface area (Å²) >= 11 is 3.39. The summed E-state index contributed by atoms with van der Waals surface area (Å²) in [7, 11) is 3.07. The molecule has 3 aromatic carbocycles. The molecule has 1 amide bonds. The monoisotopic (exact) mass is 560 g/mol. The number of likely N-dealkylation sites (tertiary alicyclic amines) is 1. The predicted molar refractivity (Wildman–Crippen MR) is 145 cm³/mol. The highest BCUT2D eigenvalue weighted by molar-refractivity contribution is 9.10. The zero-order chi connectivity index (χ0) is 26.1. The van der Waals surface area contributed by atoms with Crippen LogP contribution in [-0.4, -0.2) is 47.4 Å². The van der Waals surface area contributed by atoms with Gasteiger partial charge in [0.1, 0.15) is 5.76 Å². The van der Waals surface area contributed by atoms with E-state index in [0.717, 1.165) is 20.9 Å². The van der Waals surface area contributed by atoms with Gasteiger partial charge in [0, 0.05) is 33.7 Å². The van der Waals surface area contributed by atoms with Gasteiger partial charge in [-0.1, -0.05) is 52.3 Å². The number of rotatable bonds is 7. The fourth-order valence-electron chi connectivity index (χ4n) is 4.82. The first kappa shape index (κ1) is 24.6. The highest BCUT2D eigenvalue weighted by Crippen LogP contribution is 2.42. The smallest absolute Gasteiger partial charge is 0.295 e. The molecule has 1 fully saturated rings. The van der Waals surface area contributed by atoms with Crippen molar-refractivity contribution in [3.8, 4) is 11.5 Å². The Labute approximate surface area is 222 Å². The summed E-state index contributed by atoms with van der Waals surface area (Å²) in [5.41, 5.74) is 3.17. The van der Waals surface area contributed by atoms with E-state index in [1.807, 2.05) is 30.5 Å². The standard InChI is InChI=1S/C29H25BrN2O5/c1-36-23-12-9-18(15-24(23)37-2)26-25(27(33)17-7-10-20(30)11-8-17)28(34)29(35)32(26)14-13-19-16-31-22-6-4-3-5-21(19)22/h3-12,15-16,26,31,33H,13-14H2,1-2H3/t26-/m1/s1. The molecule has 1 atom stereocenters. The number of fused-ring (bicyclic) bond motifs is 1. The molecular weight excluding hydrogens is 536 g/mol. The van der Waals surface area contributed by atoms with Crippen LogP contribution in [0.15, 0.2) is 83.0 Å². The van der Waals surface area contributed by atoms with Gasteiger partial charge in [-0.05, 0) is 47.9 Å². The number of carbonyl (C=O) groups excluding carboxylic acids is 2. The number of benzene rings is 3. The Morgan fingerprint density at radius 3 is 2.46 bits per heavy atom. The van der Waals surface area contributed by atoms with Gasteiger partial charge in [-0.25, -0.2) is 0 Å². The van der Waals surface area contributed by atoms with Crippen molar-refractivity contribution in [2.24, 2.45) is 0 Å². The molecule has 0 unspecified atom stereocenters. The molecule has 0 bridgehead atoms. The number of methoxy groups -OCH3 is 2. The van der Waals surface area contributed by atoms with Gasteiger partial charge in [-0.15, -0.1) is 0 Å². The number of aromatic nitrogens is 1. The Kier molecular flexibility index (Phi) is 6.76. The fourth-order valence-corrected chi connectivity index (χ4v) is 5.09. The maximum Gasteiger partial charge on any atom is 0.295 e. The summed E-state index contributed by atoms with van der Waals surface area (Å²) in [5, 5.41) is 12.3. The molecule has 7 nitrogen and oxygen atoms in total. The van der Waals surface area contributed by atoms with Crippen LogP contribution in [0.5, 0.6) is 11.5 Å². The number of amides is 1. The third kappa shape index (κ3) is 4.49. The molecular formula is C29H25BrN2O5. The minimum atomic E-state index is -0.798. The molecule has 5 rings (SSSR count). The van der Waals surface area contributed by atoms with Crippen molar-refractivity contribution in [2.45, 2.75) is 12.5 Å². The number of aliphatic hydroxyl groups is 1. The zero-order valence-electron chi connectivity index (χ0n) is 20.3. The molecule has 2 N–H and O–H groups in total. The number of aliphatic hydroxyl groups excluding tert-OH is 1. The molecule has 0 saturated carbocycles. The summed E-state index contributed by atoms with van der Waals surface area (Å²) < 4.78 is 11.7. The first-order chi connectivity index (χ1) is 17.9. The van der Waals surface area contributed by atoms with Gasteiger partial charge >= 0.3 is 0 Å². The Balaban J connectivity index is 1.60. The molecule has 1 aliphatic rings. The van der Waals surface area contributed by atoms with E-state index >= 15 is 0 Å². The van der Waals surface area contributed by atoms with Gasteiger partial charge in [0.2, 0.25) is 0 Å². The van der Waals surface area contributed by atoms with Crippen LogP contribution in [0.25, 0.3) is 16.7 Å². The van der Waals surface area contributed by atoms with E-state index in [9.17, 15) is 14.7 Å². The summed E-state index contributed by atoms with van der Waals surface area (Å²) in [5.74, 6) is -0.613. The summed E-state index contributed by atoms with van der Waals surface area (Å²) in [6.45, 7) is 0.280. The van der Waals surface area contributed by atoms with E-state index in [1.54, 1.807) is 49.6 Å². The third-order valence-electron chi connectivity index (χ3n) is 6.68. The molecule has 188 valence electrons. The maximum atomic E-state index is 13.4. The normalized spacial score (nSPS) is 16.9. The average Bonchev–Trinajstić information content (AvgIpc) is 3.45. The highest BCUT2D eigenvalue weighted by atomic mass is 79.9. The van der Waals surface area contributed by atoms with Gasteiger partial charge in [0.25, 0.3) is 11.7 Å². The molecule has 37 heavy (non-hydrogen) atoms. The first-order valence-electron chi connectivity index (χ1n) is 11.7. The number of para-hydroxylation sites is 1. The van der Waals surface area contributed by atoms with Crippen molar-refractivity contribution in [3.63, 3.8) is 0 Å². The lowest BCUT2D eigenvalue weighted by molar-refractivity contribution is -0.139. The van der Waals surface area contributed by atoms with Crippen LogP contribution in [0.3, 0.4) is 0 Å². The van der Waals surface area contributed by atoms with Crippen LogP contribution < -0.4 is 9.47 Å². The summed E-state index contributed by atoms with van der Waals surface area (Å²) in [4.78, 5) is 31.5. The Morgan fingerprint density at radius 2 is 1.73 bits per heavy atom. The molecule has 4 aromatic rings. The third-order valence-corrected chi connectivity index (χ3v) is 7.21. The van der Waals surface area contributed by atoms with Crippen LogP contribution in [-0.2, 0) is 16.0 Å². The second-order valence-corrected chi connectivity index (χ2v) is 9.64. The van der Waals surface area contributed by atoms with Crippen LogP contribution in [0.2, 0.25) is 0 Å². The number of ketones is 1. The molecule has 1 aliphatic heterocycles. The second kappa shape index (κ2) is 10.1. The van der Waals surface area contributed by atoms with Gasteiger partial charge < -0.3 is 24.5 Å². The maximum absolute atomic E-state index is 13.4. The van der Waals surface area contributed by atoms with Crippen molar-refractivity contribution in [1.82, 2.24) is 9.88 Å². The number of aromatic amines is 1. The number of ether oxygens (including phenoxy) is 2. The predicted octanol–water partition coefficient (Wildman–Crippen LogP) is 5.61.